The van der Waals surface area contributed by atoms with Gasteiger partial charge in [0.25, 0.3) is 5.91 Å². The van der Waals surface area contributed by atoms with Gasteiger partial charge in [-0.1, -0.05) is 48.5 Å². The maximum Gasteiger partial charge on any atom is 0.264 e. The topological polar surface area (TPSA) is 90.0 Å². The van der Waals surface area contributed by atoms with Gasteiger partial charge in [0, 0.05) is 27.9 Å². The lowest BCUT2D eigenvalue weighted by Crippen LogP contribution is -2.30. The summed E-state index contributed by atoms with van der Waals surface area (Å²) in [6.45, 7) is -0.183. The second kappa shape index (κ2) is 8.22. The second-order valence-electron chi connectivity index (χ2n) is 7.15. The Morgan fingerprint density at radius 1 is 1.03 bits per heavy atom. The predicted molar refractivity (Wildman–Crippen MR) is 125 cm³/mol. The van der Waals surface area contributed by atoms with Crippen LogP contribution >= 0.6 is 11.3 Å². The van der Waals surface area contributed by atoms with E-state index in [0.29, 0.717) is 4.88 Å². The molecule has 3 heterocycles. The molecule has 0 aliphatic carbocycles. The number of carbonyl (C=O) groups is 1. The molecule has 0 radical (unpaired) electrons. The molecule has 0 bridgehead atoms. The maximum atomic E-state index is 13.3. The molecule has 0 saturated carbocycles. The summed E-state index contributed by atoms with van der Waals surface area (Å²) in [5.74, 6) is -0.231. The van der Waals surface area contributed by atoms with Gasteiger partial charge >= 0.3 is 0 Å². The molecule has 7 heteroatoms. The Morgan fingerprint density at radius 3 is 2.68 bits per heavy atom. The largest absolute Gasteiger partial charge is 0.394 e. The zero-order chi connectivity index (χ0) is 21.2. The quantitative estimate of drug-likeness (QED) is 0.307. The third-order valence-corrected chi connectivity index (χ3v) is 6.38. The molecule has 0 fully saturated rings. The van der Waals surface area contributed by atoms with Crippen molar-refractivity contribution in [3.05, 3.63) is 89.6 Å². The number of aliphatic hydroxyl groups excluding tert-OH is 1. The molecule has 0 aliphatic rings. The van der Waals surface area contributed by atoms with E-state index in [4.69, 9.17) is 0 Å². The number of carbonyl (C=O) groups excluding carboxylic acids is 1. The van der Waals surface area contributed by atoms with Crippen molar-refractivity contribution >= 4 is 49.7 Å². The fraction of sp³-hybridized carbons (Fsp3) is 0.0833. The smallest absolute Gasteiger partial charge is 0.264 e. The lowest BCUT2D eigenvalue weighted by Gasteiger charge is -2.17. The fourth-order valence-corrected chi connectivity index (χ4v) is 4.74. The number of nitrogens with zero attached hydrogens (tertiary/aromatic N) is 1. The number of H-pyrrole nitrogens is 1. The summed E-state index contributed by atoms with van der Waals surface area (Å²) >= 11 is 1.43. The lowest BCUT2D eigenvalue weighted by atomic mass is 10.1. The minimum atomic E-state index is -0.482. The highest BCUT2D eigenvalue weighted by atomic mass is 32.1. The number of thiophene rings is 1. The summed E-state index contributed by atoms with van der Waals surface area (Å²) in [7, 11) is 0. The molecule has 4 N–H and O–H groups in total. The van der Waals surface area contributed by atoms with Crippen LogP contribution in [0.2, 0.25) is 0 Å². The second-order valence-corrected chi connectivity index (χ2v) is 8.20. The molecular formula is C24H20N4O2S. The molecule has 1 amide bonds. The van der Waals surface area contributed by atoms with E-state index in [0.717, 1.165) is 38.1 Å². The van der Waals surface area contributed by atoms with Crippen LogP contribution in [0, 0.1) is 0 Å². The first-order valence-electron chi connectivity index (χ1n) is 9.92. The Bertz CT molecular complexity index is 1360. The van der Waals surface area contributed by atoms with E-state index in [9.17, 15) is 9.90 Å². The zero-order valence-electron chi connectivity index (χ0n) is 16.5. The van der Waals surface area contributed by atoms with Gasteiger partial charge in [0.2, 0.25) is 0 Å². The normalized spacial score (nSPS) is 12.2. The number of amides is 1. The van der Waals surface area contributed by atoms with Gasteiger partial charge in [-0.3, -0.25) is 4.79 Å². The van der Waals surface area contributed by atoms with Crippen molar-refractivity contribution in [2.24, 2.45) is 0 Å². The van der Waals surface area contributed by atoms with Crippen molar-refractivity contribution < 1.29 is 9.90 Å². The third kappa shape index (κ3) is 3.65. The summed E-state index contributed by atoms with van der Waals surface area (Å²) in [6, 6.07) is 20.8. The van der Waals surface area contributed by atoms with Crippen LogP contribution in [0.15, 0.2) is 79.1 Å². The van der Waals surface area contributed by atoms with E-state index in [1.165, 1.54) is 11.3 Å². The van der Waals surface area contributed by atoms with Gasteiger partial charge in [-0.25, -0.2) is 4.98 Å². The molecular weight excluding hydrogens is 408 g/mol. The molecule has 0 saturated heterocycles. The highest BCUT2D eigenvalue weighted by Crippen LogP contribution is 2.38. The summed E-state index contributed by atoms with van der Waals surface area (Å²) in [5, 5.41) is 18.2. The van der Waals surface area contributed by atoms with Crippen LogP contribution in [-0.4, -0.2) is 27.6 Å². The molecule has 6 nitrogen and oxygen atoms in total. The van der Waals surface area contributed by atoms with Gasteiger partial charge in [0.1, 0.15) is 10.5 Å². The van der Waals surface area contributed by atoms with Crippen molar-refractivity contribution in [3.8, 4) is 0 Å². The highest BCUT2D eigenvalue weighted by molar-refractivity contribution is 7.21. The van der Waals surface area contributed by atoms with Crippen LogP contribution in [0.1, 0.15) is 21.3 Å². The Labute approximate surface area is 182 Å². The number of aromatic amines is 1. The SMILES string of the molecule is O=C(NC(CO)c1ccccc1)c1sc2ccccc2c1Nc1ccnc2[nH]ccc12. The summed E-state index contributed by atoms with van der Waals surface area (Å²) in [4.78, 5) is 21.3. The first kappa shape index (κ1) is 19.3. The van der Waals surface area contributed by atoms with Gasteiger partial charge in [-0.2, -0.15) is 0 Å². The van der Waals surface area contributed by atoms with E-state index in [2.05, 4.69) is 20.6 Å². The van der Waals surface area contributed by atoms with Gasteiger partial charge in [0.15, 0.2) is 0 Å². The standard InChI is InChI=1S/C24H20N4O2S/c29-14-19(15-6-2-1-3-7-15)28-24(30)22-21(17-8-4-5-9-20(17)31-22)27-18-11-13-26-23-16(18)10-12-25-23/h1-13,19,29H,14H2,(H,28,30)(H2,25,26,27). The molecule has 5 aromatic rings. The molecule has 0 aliphatic heterocycles. The van der Waals surface area contributed by atoms with Gasteiger partial charge < -0.3 is 20.7 Å². The number of rotatable bonds is 6. The zero-order valence-corrected chi connectivity index (χ0v) is 17.3. The number of hydrogen-bond donors (Lipinski definition) is 4. The number of anilines is 2. The number of hydrogen-bond acceptors (Lipinski definition) is 5. The Kier molecular flexibility index (Phi) is 5.11. The predicted octanol–water partition coefficient (Wildman–Crippen LogP) is 4.98. The van der Waals surface area contributed by atoms with Crippen LogP contribution < -0.4 is 10.6 Å². The minimum absolute atomic E-state index is 0.183. The van der Waals surface area contributed by atoms with Gasteiger partial charge in [-0.15, -0.1) is 11.3 Å². The Balaban J connectivity index is 1.54. The monoisotopic (exact) mass is 428 g/mol. The van der Waals surface area contributed by atoms with Crippen molar-refractivity contribution in [3.63, 3.8) is 0 Å². The Hall–Kier alpha value is -3.68. The molecule has 3 aromatic heterocycles. The number of pyridine rings is 1. The van der Waals surface area contributed by atoms with Crippen molar-refractivity contribution in [2.45, 2.75) is 6.04 Å². The average Bonchev–Trinajstić information content (AvgIpc) is 3.44. The number of aliphatic hydroxyl groups is 1. The maximum absolute atomic E-state index is 13.3. The number of benzene rings is 2. The number of nitrogens with one attached hydrogen (secondary N) is 3. The fourth-order valence-electron chi connectivity index (χ4n) is 3.68. The number of fused-ring (bicyclic) bond motifs is 2. The van der Waals surface area contributed by atoms with Gasteiger partial charge in [-0.05, 0) is 23.8 Å². The van der Waals surface area contributed by atoms with Crippen LogP contribution in [0.5, 0.6) is 0 Å². The first-order chi connectivity index (χ1) is 15.2. The average molecular weight is 429 g/mol. The molecule has 2 aromatic carbocycles. The van der Waals surface area contributed by atoms with Crippen LogP contribution in [0.4, 0.5) is 11.4 Å². The first-order valence-corrected chi connectivity index (χ1v) is 10.7. The van der Waals surface area contributed by atoms with Gasteiger partial charge in [0.05, 0.1) is 24.0 Å². The van der Waals surface area contributed by atoms with E-state index in [1.807, 2.05) is 72.9 Å². The third-order valence-electron chi connectivity index (χ3n) is 5.21. The van der Waals surface area contributed by atoms with Crippen molar-refractivity contribution in [2.75, 3.05) is 11.9 Å². The van der Waals surface area contributed by atoms with Crippen molar-refractivity contribution in [1.29, 1.82) is 0 Å². The summed E-state index contributed by atoms with van der Waals surface area (Å²) < 4.78 is 1.01. The summed E-state index contributed by atoms with van der Waals surface area (Å²) in [5.41, 5.74) is 3.25. The summed E-state index contributed by atoms with van der Waals surface area (Å²) in [6.07, 6.45) is 3.57. The molecule has 31 heavy (non-hydrogen) atoms. The van der Waals surface area contributed by atoms with Crippen molar-refractivity contribution in [1.82, 2.24) is 15.3 Å². The van der Waals surface area contributed by atoms with Crippen LogP contribution in [-0.2, 0) is 0 Å². The van der Waals surface area contributed by atoms with E-state index in [-0.39, 0.29) is 12.5 Å². The lowest BCUT2D eigenvalue weighted by molar-refractivity contribution is 0.0921. The highest BCUT2D eigenvalue weighted by Gasteiger charge is 2.22. The Morgan fingerprint density at radius 2 is 1.84 bits per heavy atom. The van der Waals surface area contributed by atoms with E-state index in [1.54, 1.807) is 6.20 Å². The van der Waals surface area contributed by atoms with E-state index >= 15 is 0 Å². The molecule has 1 atom stereocenters. The molecule has 5 rings (SSSR count). The van der Waals surface area contributed by atoms with Crippen LogP contribution in [0.25, 0.3) is 21.1 Å². The molecule has 1 unspecified atom stereocenters. The van der Waals surface area contributed by atoms with Crippen LogP contribution in [0.3, 0.4) is 0 Å². The van der Waals surface area contributed by atoms with E-state index < -0.39 is 6.04 Å². The molecule has 154 valence electrons. The minimum Gasteiger partial charge on any atom is -0.394 e. The number of aromatic nitrogens is 2. The molecule has 0 spiro atoms.